The topological polar surface area (TPSA) is 44.7 Å². The molecule has 0 aromatic heterocycles. The van der Waals surface area contributed by atoms with Crippen LogP contribution in [0.2, 0.25) is 0 Å². The van der Waals surface area contributed by atoms with Crippen LogP contribution in [0.4, 0.5) is 0 Å². The standard InChI is InChI=1S/C15H15BrIN2OPS.C2H6.CH4O.CH3.Cs/c1-10(20-21-17)14-18-8-9-19(14)15-13(22-15)7-4-11-2-5-12(16)6-3-11;2*1-2;;/h2-3,5-6,8-10,13-15,18,21H,1H3;1-2H3;2H,1H3;1H3;/q;;;-1;+1. The second-order valence-corrected chi connectivity index (χ2v) is 8.89. The Kier molecular flexibility index (Phi) is 21.5. The minimum Gasteiger partial charge on any atom is -0.400 e. The maximum absolute atomic E-state index is 7.00. The Bertz CT molecular complexity index is 631. The molecule has 28 heavy (non-hydrogen) atoms. The van der Waals surface area contributed by atoms with E-state index in [0.717, 1.165) is 17.1 Å². The van der Waals surface area contributed by atoms with Crippen LogP contribution in [0.15, 0.2) is 41.1 Å². The number of aliphatic hydroxyl groups excluding tert-OH is 1. The van der Waals surface area contributed by atoms with Crippen LogP contribution in [0.25, 0.3) is 0 Å². The molecule has 1 fully saturated rings. The molecule has 1 aromatic carbocycles. The van der Waals surface area contributed by atoms with Gasteiger partial charge in [-0.15, -0.1) is 11.8 Å². The van der Waals surface area contributed by atoms with Crippen molar-refractivity contribution in [1.29, 1.82) is 0 Å². The number of hydrogen-bond donors (Lipinski definition) is 2. The summed E-state index contributed by atoms with van der Waals surface area (Å²) in [5.74, 6) is 6.63. The molecule has 3 rings (SSSR count). The average Bonchev–Trinajstić information content (AvgIpc) is 3.29. The van der Waals surface area contributed by atoms with E-state index < -0.39 is 0 Å². The van der Waals surface area contributed by atoms with Crippen LogP contribution >= 0.6 is 56.2 Å². The Balaban J connectivity index is 0. The summed E-state index contributed by atoms with van der Waals surface area (Å²) in [6, 6.07) is 8.12. The van der Waals surface area contributed by atoms with Crippen molar-refractivity contribution >= 4 is 56.2 Å². The SMILES string of the molecule is CC.CC(OPI)C1NC=CN1C1SC1C#Cc1ccc(Br)cc1.CO.[CH3-].[Cs+]. The zero-order valence-corrected chi connectivity index (χ0v) is 29.1. The number of nitrogens with zero attached hydrogens (tertiary/aromatic N) is 1. The fourth-order valence-electron chi connectivity index (χ4n) is 2.29. The smallest absolute Gasteiger partial charge is 0.400 e. The monoisotopic (exact) mass is 718 g/mol. The van der Waals surface area contributed by atoms with E-state index in [0.29, 0.717) is 17.1 Å². The van der Waals surface area contributed by atoms with Gasteiger partial charge in [0.15, 0.2) is 0 Å². The molecule has 0 saturated carbocycles. The molecule has 0 radical (unpaired) electrons. The normalized spacial score (nSPS) is 22.1. The molecule has 0 amide bonds. The molecule has 5 unspecified atom stereocenters. The van der Waals surface area contributed by atoms with E-state index in [1.807, 2.05) is 56.1 Å². The molecule has 0 spiro atoms. The van der Waals surface area contributed by atoms with E-state index in [1.165, 1.54) is 0 Å². The fourth-order valence-corrected chi connectivity index (χ4v) is 4.91. The summed E-state index contributed by atoms with van der Waals surface area (Å²) < 4.78 is 6.81. The Morgan fingerprint density at radius 3 is 2.50 bits per heavy atom. The van der Waals surface area contributed by atoms with Crippen LogP contribution in [0.5, 0.6) is 0 Å². The first-order valence-corrected chi connectivity index (χ1v) is 14.0. The van der Waals surface area contributed by atoms with Gasteiger partial charge in [-0.25, -0.2) is 0 Å². The van der Waals surface area contributed by atoms with Crippen LogP contribution in [0.1, 0.15) is 26.3 Å². The Morgan fingerprint density at radius 2 is 1.93 bits per heavy atom. The van der Waals surface area contributed by atoms with E-state index in [2.05, 4.69) is 73.2 Å². The van der Waals surface area contributed by atoms with Crippen molar-refractivity contribution in [3.05, 3.63) is 54.1 Å². The van der Waals surface area contributed by atoms with Crippen molar-refractivity contribution in [3.8, 4) is 11.8 Å². The summed E-state index contributed by atoms with van der Waals surface area (Å²) in [6.07, 6.45) is 4.48. The van der Waals surface area contributed by atoms with Crippen LogP contribution < -0.4 is 74.2 Å². The molecule has 2 N–H and O–H groups in total. The van der Waals surface area contributed by atoms with Gasteiger partial charge in [0.25, 0.3) is 0 Å². The molecule has 1 aromatic rings. The van der Waals surface area contributed by atoms with Crippen molar-refractivity contribution in [2.45, 2.75) is 43.7 Å². The molecule has 2 aliphatic rings. The van der Waals surface area contributed by atoms with E-state index in [9.17, 15) is 0 Å². The van der Waals surface area contributed by atoms with Crippen molar-refractivity contribution in [1.82, 2.24) is 10.2 Å². The van der Waals surface area contributed by atoms with Gasteiger partial charge in [-0.05, 0) is 53.2 Å². The molecule has 9 heteroatoms. The number of thioether (sulfide) groups is 1. The van der Waals surface area contributed by atoms with Crippen molar-refractivity contribution < 1.29 is 78.5 Å². The summed E-state index contributed by atoms with van der Waals surface area (Å²) in [5.41, 5.74) is 1.06. The fraction of sp³-hybridized carbons (Fsp3) is 0.421. The molecule has 0 bridgehead atoms. The van der Waals surface area contributed by atoms with E-state index in [4.69, 9.17) is 9.63 Å². The quantitative estimate of drug-likeness (QED) is 0.165. The number of halogens is 2. The minimum atomic E-state index is 0. The van der Waals surface area contributed by atoms with Crippen LogP contribution in [0, 0.1) is 19.3 Å². The van der Waals surface area contributed by atoms with Gasteiger partial charge in [-0.3, -0.25) is 0 Å². The molecule has 4 nitrogen and oxygen atoms in total. The van der Waals surface area contributed by atoms with Crippen LogP contribution in [0.3, 0.4) is 0 Å². The molecule has 5 atom stereocenters. The maximum Gasteiger partial charge on any atom is 1.00 e. The van der Waals surface area contributed by atoms with Gasteiger partial charge < -0.3 is 27.3 Å². The second kappa shape index (κ2) is 18.6. The predicted molar refractivity (Wildman–Crippen MR) is 133 cm³/mol. The first kappa shape index (κ1) is 32.3. The molecule has 2 heterocycles. The van der Waals surface area contributed by atoms with Gasteiger partial charge >= 0.3 is 68.9 Å². The van der Waals surface area contributed by atoms with Crippen molar-refractivity contribution in [3.63, 3.8) is 0 Å². The molecule has 1 saturated heterocycles. The first-order valence-electron chi connectivity index (χ1n) is 8.28. The maximum atomic E-state index is 7.00. The van der Waals surface area contributed by atoms with E-state index >= 15 is 0 Å². The van der Waals surface area contributed by atoms with Crippen molar-refractivity contribution in [2.24, 2.45) is 0 Å². The largest absolute Gasteiger partial charge is 1.00 e. The Labute approximate surface area is 257 Å². The zero-order chi connectivity index (χ0) is 19.5. The van der Waals surface area contributed by atoms with Gasteiger partial charge in [0, 0.05) is 29.5 Å². The third kappa shape index (κ3) is 10.6. The average molecular weight is 719 g/mol. The van der Waals surface area contributed by atoms with Gasteiger partial charge in [-0.2, -0.15) is 0 Å². The molecular formula is C19H28BrCsIN2O2PS. The zero-order valence-electron chi connectivity index (χ0n) is 17.2. The van der Waals surface area contributed by atoms with E-state index in [1.54, 1.807) is 0 Å². The summed E-state index contributed by atoms with van der Waals surface area (Å²) in [5, 5.41) is 11.2. The van der Waals surface area contributed by atoms with Crippen molar-refractivity contribution in [2.75, 3.05) is 7.11 Å². The number of benzene rings is 1. The summed E-state index contributed by atoms with van der Waals surface area (Å²) in [7, 11) is 1.00. The third-order valence-corrected chi connectivity index (χ3v) is 6.38. The molecule has 0 aliphatic carbocycles. The molecule has 152 valence electrons. The summed E-state index contributed by atoms with van der Waals surface area (Å²) >= 11 is 7.59. The summed E-state index contributed by atoms with van der Waals surface area (Å²) in [6.45, 7) is 6.59. The molecule has 2 aliphatic heterocycles. The number of rotatable bonds is 4. The van der Waals surface area contributed by atoms with Gasteiger partial charge in [0.1, 0.15) is 11.5 Å². The Hall–Kier alpha value is 2.08. The van der Waals surface area contributed by atoms with Gasteiger partial charge in [-0.1, -0.05) is 41.6 Å². The predicted octanol–water partition coefficient (Wildman–Crippen LogP) is 2.38. The second-order valence-electron chi connectivity index (χ2n) is 5.00. The molecular weight excluding hydrogens is 691 g/mol. The number of aliphatic hydroxyl groups is 1. The first-order chi connectivity index (χ1) is 12.7. The number of hydrogen-bond acceptors (Lipinski definition) is 5. The van der Waals surface area contributed by atoms with E-state index in [-0.39, 0.29) is 88.6 Å². The third-order valence-electron chi connectivity index (χ3n) is 3.48. The van der Waals surface area contributed by atoms with Gasteiger partial charge in [0.05, 0.1) is 17.8 Å². The van der Waals surface area contributed by atoms with Crippen LogP contribution in [-0.2, 0) is 4.52 Å². The summed E-state index contributed by atoms with van der Waals surface area (Å²) in [4.78, 5) is 2.33. The minimum absolute atomic E-state index is 0. The number of nitrogens with one attached hydrogen (secondary N) is 1. The van der Waals surface area contributed by atoms with Crippen LogP contribution in [-0.4, -0.2) is 40.0 Å². The Morgan fingerprint density at radius 1 is 1.32 bits per heavy atom. The van der Waals surface area contributed by atoms with Gasteiger partial charge in [0.2, 0.25) is 0 Å².